The van der Waals surface area contributed by atoms with Gasteiger partial charge in [-0.1, -0.05) is 17.2 Å². The quantitative estimate of drug-likeness (QED) is 0.481. The molecule has 0 N–H and O–H groups in total. The lowest BCUT2D eigenvalue weighted by molar-refractivity contribution is -0.146. The maximum absolute atomic E-state index is 12.7. The van der Waals surface area contributed by atoms with E-state index in [2.05, 4.69) is 23.2 Å². The number of ether oxygens (including phenoxy) is 2. The van der Waals surface area contributed by atoms with E-state index >= 15 is 0 Å². The number of hydrogen-bond acceptors (Lipinski definition) is 6. The zero-order valence-electron chi connectivity index (χ0n) is 15.9. The maximum atomic E-state index is 12.7. The van der Waals surface area contributed by atoms with E-state index in [1.807, 2.05) is 19.1 Å². The molecule has 4 rings (SSSR count). The van der Waals surface area contributed by atoms with Gasteiger partial charge in [-0.2, -0.15) is 10.2 Å². The van der Waals surface area contributed by atoms with Crippen LogP contribution in [-0.4, -0.2) is 37.2 Å². The Labute approximate surface area is 159 Å². The number of fused-ring (bicyclic) bond motifs is 3. The minimum absolute atomic E-state index is 0.0680. The highest BCUT2D eigenvalue weighted by Crippen LogP contribution is 2.47. The number of rotatable bonds is 0. The lowest BCUT2D eigenvalue weighted by atomic mass is 9.72. The molecule has 1 spiro atoms. The first-order chi connectivity index (χ1) is 13.0. The molecule has 0 saturated carbocycles. The van der Waals surface area contributed by atoms with Crippen LogP contribution >= 0.6 is 0 Å². The average molecular weight is 370 g/mol. The van der Waals surface area contributed by atoms with Crippen molar-refractivity contribution in [3.05, 3.63) is 34.9 Å². The van der Waals surface area contributed by atoms with Crippen molar-refractivity contribution in [3.8, 4) is 0 Å². The van der Waals surface area contributed by atoms with Gasteiger partial charge in [0.2, 0.25) is 0 Å². The van der Waals surface area contributed by atoms with E-state index in [-0.39, 0.29) is 30.1 Å². The van der Waals surface area contributed by atoms with Gasteiger partial charge in [-0.05, 0) is 51.7 Å². The molecule has 3 aliphatic heterocycles. The first-order valence-electron chi connectivity index (χ1n) is 9.77. The van der Waals surface area contributed by atoms with Crippen molar-refractivity contribution in [2.45, 2.75) is 58.2 Å². The predicted molar refractivity (Wildman–Crippen MR) is 99.0 cm³/mol. The summed E-state index contributed by atoms with van der Waals surface area (Å²) in [6.45, 7) is 4.97. The minimum atomic E-state index is -0.605. The van der Waals surface area contributed by atoms with Gasteiger partial charge < -0.3 is 9.47 Å². The Kier molecular flexibility index (Phi) is 4.74. The lowest BCUT2D eigenvalue weighted by Crippen LogP contribution is -2.38. The minimum Gasteiger partial charge on any atom is -0.457 e. The zero-order valence-corrected chi connectivity index (χ0v) is 15.9. The summed E-state index contributed by atoms with van der Waals surface area (Å²) in [6.07, 6.45) is 9.63. The summed E-state index contributed by atoms with van der Waals surface area (Å²) in [4.78, 5) is 24.8. The normalized spacial score (nSPS) is 36.8. The molecule has 6 heteroatoms. The second kappa shape index (κ2) is 7.06. The van der Waals surface area contributed by atoms with Crippen LogP contribution < -0.4 is 0 Å². The van der Waals surface area contributed by atoms with E-state index in [1.54, 1.807) is 0 Å². The molecule has 6 nitrogen and oxygen atoms in total. The summed E-state index contributed by atoms with van der Waals surface area (Å²) in [7, 11) is 0. The SMILES string of the molecule is C/C1=C\CCC2=CC(C/C(C)=C/[C@@H]3OC(=O)C4(CN=NC4)C3CC1)OC2=O. The molecule has 2 bridgehead atoms. The van der Waals surface area contributed by atoms with Gasteiger partial charge in [0.25, 0.3) is 0 Å². The van der Waals surface area contributed by atoms with Gasteiger partial charge in [0, 0.05) is 17.9 Å². The molecule has 0 aromatic rings. The number of allylic oxidation sites excluding steroid dienone is 2. The van der Waals surface area contributed by atoms with Crippen LogP contribution in [-0.2, 0) is 19.1 Å². The van der Waals surface area contributed by atoms with E-state index in [0.717, 1.165) is 30.4 Å². The largest absolute Gasteiger partial charge is 0.457 e. The Morgan fingerprint density at radius 3 is 2.59 bits per heavy atom. The van der Waals surface area contributed by atoms with Crippen LogP contribution in [0.4, 0.5) is 0 Å². The number of hydrogen-bond donors (Lipinski definition) is 0. The highest BCUT2D eigenvalue weighted by atomic mass is 16.6. The standard InChI is InChI=1S/C21H26N2O4/c1-13-4-3-5-15-10-16(26-19(15)24)8-14(2)9-18-17(7-6-13)21(20(25)27-18)11-22-23-12-21/h4,9-10,16-18H,3,5-8,11-12H2,1-2H3/b13-4+,14-9+/t16?,17?,18-/m0/s1. The summed E-state index contributed by atoms with van der Waals surface area (Å²) in [5, 5.41) is 8.24. The van der Waals surface area contributed by atoms with Crippen LogP contribution in [0.15, 0.2) is 45.2 Å². The smallest absolute Gasteiger partial charge is 0.334 e. The number of nitrogens with zero attached hydrogens (tertiary/aromatic N) is 2. The molecule has 2 unspecified atom stereocenters. The van der Waals surface area contributed by atoms with Crippen molar-refractivity contribution in [1.82, 2.24) is 0 Å². The van der Waals surface area contributed by atoms with Crippen molar-refractivity contribution in [3.63, 3.8) is 0 Å². The molecule has 3 heterocycles. The molecule has 0 aromatic heterocycles. The molecular formula is C21H26N2O4. The van der Waals surface area contributed by atoms with Gasteiger partial charge in [0.05, 0.1) is 13.1 Å². The third-order valence-corrected chi connectivity index (χ3v) is 6.20. The molecule has 0 radical (unpaired) electrons. The van der Waals surface area contributed by atoms with Gasteiger partial charge in [0.1, 0.15) is 17.6 Å². The lowest BCUT2D eigenvalue weighted by Gasteiger charge is -2.26. The van der Waals surface area contributed by atoms with E-state index in [4.69, 9.17) is 9.47 Å². The average Bonchev–Trinajstić information content (AvgIpc) is 3.28. The topological polar surface area (TPSA) is 77.3 Å². The second-order valence-corrected chi connectivity index (χ2v) is 8.21. The van der Waals surface area contributed by atoms with Crippen LogP contribution in [0.5, 0.6) is 0 Å². The predicted octanol–water partition coefficient (Wildman–Crippen LogP) is 3.69. The fraction of sp³-hybridized carbons (Fsp3) is 0.619. The molecule has 0 aromatic carbocycles. The fourth-order valence-electron chi connectivity index (χ4n) is 4.60. The first-order valence-corrected chi connectivity index (χ1v) is 9.77. The van der Waals surface area contributed by atoms with Gasteiger partial charge in [-0.3, -0.25) is 4.79 Å². The Morgan fingerprint density at radius 2 is 1.81 bits per heavy atom. The van der Waals surface area contributed by atoms with E-state index < -0.39 is 5.41 Å². The van der Waals surface area contributed by atoms with Crippen LogP contribution in [0.2, 0.25) is 0 Å². The molecule has 0 amide bonds. The van der Waals surface area contributed by atoms with Crippen LogP contribution in [0.25, 0.3) is 0 Å². The van der Waals surface area contributed by atoms with E-state index in [1.165, 1.54) is 5.57 Å². The monoisotopic (exact) mass is 370 g/mol. The van der Waals surface area contributed by atoms with E-state index in [9.17, 15) is 9.59 Å². The molecule has 1 fully saturated rings. The summed E-state index contributed by atoms with van der Waals surface area (Å²) >= 11 is 0. The highest BCUT2D eigenvalue weighted by molar-refractivity contribution is 5.90. The van der Waals surface area contributed by atoms with Crippen molar-refractivity contribution in [1.29, 1.82) is 0 Å². The summed E-state index contributed by atoms with van der Waals surface area (Å²) < 4.78 is 11.3. The number of carbonyl (C=O) groups is 2. The molecule has 1 aliphatic carbocycles. The fourth-order valence-corrected chi connectivity index (χ4v) is 4.60. The summed E-state index contributed by atoms with van der Waals surface area (Å²) in [5.74, 6) is -0.308. The van der Waals surface area contributed by atoms with Gasteiger partial charge in [0.15, 0.2) is 0 Å². The third kappa shape index (κ3) is 3.37. The molecule has 1 saturated heterocycles. The summed E-state index contributed by atoms with van der Waals surface area (Å²) in [5.41, 5.74) is 2.51. The van der Waals surface area contributed by atoms with Crippen LogP contribution in [0.1, 0.15) is 46.0 Å². The highest BCUT2D eigenvalue weighted by Gasteiger charge is 2.58. The van der Waals surface area contributed by atoms with Gasteiger partial charge in [-0.25, -0.2) is 4.79 Å². The van der Waals surface area contributed by atoms with Crippen LogP contribution in [0.3, 0.4) is 0 Å². The van der Waals surface area contributed by atoms with Gasteiger partial charge in [-0.15, -0.1) is 0 Å². The van der Waals surface area contributed by atoms with Gasteiger partial charge >= 0.3 is 11.9 Å². The molecule has 4 aliphatic rings. The summed E-state index contributed by atoms with van der Waals surface area (Å²) in [6, 6.07) is 0. The Morgan fingerprint density at radius 1 is 1.04 bits per heavy atom. The van der Waals surface area contributed by atoms with Crippen molar-refractivity contribution < 1.29 is 19.1 Å². The van der Waals surface area contributed by atoms with Crippen molar-refractivity contribution in [2.75, 3.05) is 13.1 Å². The Balaban J connectivity index is 1.64. The third-order valence-electron chi connectivity index (χ3n) is 6.20. The molecular weight excluding hydrogens is 344 g/mol. The molecule has 144 valence electrons. The van der Waals surface area contributed by atoms with E-state index in [0.29, 0.717) is 25.9 Å². The first kappa shape index (κ1) is 18.1. The number of azo groups is 1. The zero-order chi connectivity index (χ0) is 19.0. The Hall–Kier alpha value is -2.24. The molecule has 27 heavy (non-hydrogen) atoms. The number of esters is 2. The maximum Gasteiger partial charge on any atom is 0.334 e. The second-order valence-electron chi connectivity index (χ2n) is 8.21. The van der Waals surface area contributed by atoms with Crippen molar-refractivity contribution >= 4 is 11.9 Å². The van der Waals surface area contributed by atoms with Crippen molar-refractivity contribution in [2.24, 2.45) is 21.6 Å². The Bertz CT molecular complexity index is 769. The van der Waals surface area contributed by atoms with Crippen LogP contribution in [0, 0.1) is 11.3 Å². The number of carbonyl (C=O) groups excluding carboxylic acids is 2. The molecule has 3 atom stereocenters.